The Morgan fingerprint density at radius 1 is 1.17 bits per heavy atom. The number of carboxylic acid groups (broad SMARTS) is 2. The lowest BCUT2D eigenvalue weighted by Crippen LogP contribution is -2.32. The molecule has 24 heavy (non-hydrogen) atoms. The standard InChI is InChI=1S/C14H18N2O6S2/c1-7(9-3-2-8(17)4-12(9)18)16-11(14(21)22)6-24-23-5-10(15)13(19)20/h2-4,10-11,17-18H,5-6,15H2,1H3,(H,19,20)(H,21,22). The number of benzene rings is 1. The largest absolute Gasteiger partial charge is 0.508 e. The molecule has 132 valence electrons. The predicted octanol–water partition coefficient (Wildman–Crippen LogP) is 1.15. The van der Waals surface area contributed by atoms with E-state index in [9.17, 15) is 24.9 Å². The number of nitrogens with zero attached hydrogens (tertiary/aromatic N) is 1. The molecule has 0 radical (unpaired) electrons. The molecule has 8 nitrogen and oxygen atoms in total. The summed E-state index contributed by atoms with van der Waals surface area (Å²) in [4.78, 5) is 26.0. The molecule has 0 aromatic heterocycles. The summed E-state index contributed by atoms with van der Waals surface area (Å²) in [7, 11) is 2.32. The van der Waals surface area contributed by atoms with Gasteiger partial charge < -0.3 is 26.2 Å². The number of rotatable bonds is 9. The molecule has 0 amide bonds. The minimum atomic E-state index is -1.14. The molecule has 6 N–H and O–H groups in total. The Bertz CT molecular complexity index is 638. The smallest absolute Gasteiger partial charge is 0.329 e. The summed E-state index contributed by atoms with van der Waals surface area (Å²) in [6, 6.07) is 1.88. The van der Waals surface area contributed by atoms with Crippen LogP contribution in [0.2, 0.25) is 0 Å². The van der Waals surface area contributed by atoms with Gasteiger partial charge in [-0.2, -0.15) is 0 Å². The number of nitrogens with two attached hydrogens (primary N) is 1. The van der Waals surface area contributed by atoms with Gasteiger partial charge in [-0.1, -0.05) is 21.6 Å². The molecule has 2 unspecified atom stereocenters. The first-order chi connectivity index (χ1) is 11.2. The molecule has 0 aliphatic carbocycles. The van der Waals surface area contributed by atoms with E-state index in [2.05, 4.69) is 4.99 Å². The molecule has 0 heterocycles. The van der Waals surface area contributed by atoms with Crippen LogP contribution in [-0.4, -0.2) is 61.7 Å². The van der Waals surface area contributed by atoms with Crippen LogP contribution in [0.5, 0.6) is 11.5 Å². The lowest BCUT2D eigenvalue weighted by molar-refractivity contribution is -0.138. The number of aromatic hydroxyl groups is 2. The number of carbonyl (C=O) groups is 2. The van der Waals surface area contributed by atoms with Crippen LogP contribution in [0.15, 0.2) is 23.2 Å². The van der Waals surface area contributed by atoms with E-state index in [1.165, 1.54) is 12.1 Å². The molecule has 0 saturated heterocycles. The lowest BCUT2D eigenvalue weighted by atomic mass is 10.1. The fourth-order valence-electron chi connectivity index (χ4n) is 1.60. The molecule has 0 aliphatic heterocycles. The number of hydrogen-bond donors (Lipinski definition) is 5. The molecule has 0 bridgehead atoms. The SMILES string of the molecule is CC(=NC(CSSCC(N)C(=O)O)C(=O)O)c1ccc(O)cc1O. The number of carboxylic acids is 2. The topological polar surface area (TPSA) is 153 Å². The van der Waals surface area contributed by atoms with E-state index in [0.717, 1.165) is 27.7 Å². The number of phenolic OH excluding ortho intramolecular Hbond substituents is 2. The van der Waals surface area contributed by atoms with Gasteiger partial charge in [0, 0.05) is 28.8 Å². The van der Waals surface area contributed by atoms with Crippen molar-refractivity contribution in [1.82, 2.24) is 0 Å². The maximum absolute atomic E-state index is 11.3. The lowest BCUT2D eigenvalue weighted by Gasteiger charge is -2.11. The van der Waals surface area contributed by atoms with Gasteiger partial charge in [0.1, 0.15) is 17.5 Å². The molecule has 0 saturated carbocycles. The monoisotopic (exact) mass is 374 g/mol. The van der Waals surface area contributed by atoms with Crippen molar-refractivity contribution >= 4 is 39.2 Å². The first-order valence-corrected chi connectivity index (χ1v) is 9.23. The Hall–Kier alpha value is -1.91. The molecular formula is C14H18N2O6S2. The fraction of sp³-hybridized carbons (Fsp3) is 0.357. The summed E-state index contributed by atoms with van der Waals surface area (Å²) in [5, 5.41) is 36.9. The highest BCUT2D eigenvalue weighted by Crippen LogP contribution is 2.26. The van der Waals surface area contributed by atoms with Crippen LogP contribution in [0.3, 0.4) is 0 Å². The molecule has 0 spiro atoms. The summed E-state index contributed by atoms with van der Waals surface area (Å²) >= 11 is 0. The minimum Gasteiger partial charge on any atom is -0.508 e. The summed E-state index contributed by atoms with van der Waals surface area (Å²) < 4.78 is 0. The van der Waals surface area contributed by atoms with Crippen molar-refractivity contribution in [2.75, 3.05) is 11.5 Å². The third-order valence-electron chi connectivity index (χ3n) is 2.88. The normalized spacial score (nSPS) is 14.2. The maximum Gasteiger partial charge on any atom is 0.329 e. The zero-order valence-electron chi connectivity index (χ0n) is 12.7. The van der Waals surface area contributed by atoms with Gasteiger partial charge in [-0.05, 0) is 19.1 Å². The Balaban J connectivity index is 2.71. The van der Waals surface area contributed by atoms with Crippen molar-refractivity contribution in [3.05, 3.63) is 23.8 Å². The summed E-state index contributed by atoms with van der Waals surface area (Å²) in [6.45, 7) is 1.56. The van der Waals surface area contributed by atoms with Gasteiger partial charge in [-0.25, -0.2) is 4.79 Å². The van der Waals surface area contributed by atoms with E-state index >= 15 is 0 Å². The first kappa shape index (κ1) is 20.1. The molecular weight excluding hydrogens is 356 g/mol. The number of phenols is 2. The van der Waals surface area contributed by atoms with Crippen LogP contribution >= 0.6 is 21.6 Å². The van der Waals surface area contributed by atoms with Gasteiger partial charge >= 0.3 is 11.9 Å². The molecule has 0 aliphatic rings. The van der Waals surface area contributed by atoms with Crippen molar-refractivity contribution in [3.63, 3.8) is 0 Å². The van der Waals surface area contributed by atoms with E-state index in [0.29, 0.717) is 11.3 Å². The van der Waals surface area contributed by atoms with Crippen LogP contribution in [0.25, 0.3) is 0 Å². The average Bonchev–Trinajstić information content (AvgIpc) is 2.49. The van der Waals surface area contributed by atoms with E-state index in [1.54, 1.807) is 6.92 Å². The Kier molecular flexibility index (Phi) is 7.89. The van der Waals surface area contributed by atoms with E-state index in [1.807, 2.05) is 0 Å². The third-order valence-corrected chi connectivity index (χ3v) is 5.31. The molecule has 1 aromatic carbocycles. The zero-order valence-corrected chi connectivity index (χ0v) is 14.4. The van der Waals surface area contributed by atoms with Crippen LogP contribution in [0, 0.1) is 0 Å². The number of hydrogen-bond acceptors (Lipinski definition) is 8. The maximum atomic E-state index is 11.3. The molecule has 2 atom stereocenters. The highest BCUT2D eigenvalue weighted by Gasteiger charge is 2.19. The number of aliphatic carboxylic acids is 2. The van der Waals surface area contributed by atoms with Crippen LogP contribution in [0.4, 0.5) is 0 Å². The highest BCUT2D eigenvalue weighted by atomic mass is 33.1. The Morgan fingerprint density at radius 2 is 1.79 bits per heavy atom. The van der Waals surface area contributed by atoms with Gasteiger partial charge in [-0.3, -0.25) is 9.79 Å². The quantitative estimate of drug-likeness (QED) is 0.243. The van der Waals surface area contributed by atoms with Crippen LogP contribution in [-0.2, 0) is 9.59 Å². The second-order valence-electron chi connectivity index (χ2n) is 4.78. The fourth-order valence-corrected chi connectivity index (χ4v) is 3.83. The molecule has 0 fully saturated rings. The van der Waals surface area contributed by atoms with E-state index in [4.69, 9.17) is 10.8 Å². The van der Waals surface area contributed by atoms with Gasteiger partial charge in [0.2, 0.25) is 0 Å². The van der Waals surface area contributed by atoms with Crippen LogP contribution in [0.1, 0.15) is 12.5 Å². The van der Waals surface area contributed by atoms with Gasteiger partial charge in [-0.15, -0.1) is 0 Å². The van der Waals surface area contributed by atoms with Crippen molar-refractivity contribution in [2.24, 2.45) is 10.7 Å². The summed E-state index contributed by atoms with van der Waals surface area (Å²) in [5.74, 6) is -2.30. The Morgan fingerprint density at radius 3 is 2.33 bits per heavy atom. The first-order valence-electron chi connectivity index (χ1n) is 6.74. The zero-order chi connectivity index (χ0) is 18.3. The van der Waals surface area contributed by atoms with Crippen molar-refractivity contribution in [2.45, 2.75) is 19.0 Å². The average molecular weight is 374 g/mol. The molecule has 10 heteroatoms. The second-order valence-corrected chi connectivity index (χ2v) is 7.34. The predicted molar refractivity (Wildman–Crippen MR) is 93.9 cm³/mol. The van der Waals surface area contributed by atoms with Crippen molar-refractivity contribution in [3.8, 4) is 11.5 Å². The summed E-state index contributed by atoms with van der Waals surface area (Å²) in [5.41, 5.74) is 5.99. The molecule has 1 rings (SSSR count). The number of aliphatic imine (C=N–C) groups is 1. The highest BCUT2D eigenvalue weighted by molar-refractivity contribution is 8.76. The van der Waals surface area contributed by atoms with Gasteiger partial charge in [0.15, 0.2) is 6.04 Å². The van der Waals surface area contributed by atoms with Gasteiger partial charge in [0.25, 0.3) is 0 Å². The minimum absolute atomic E-state index is 0.111. The van der Waals surface area contributed by atoms with Crippen molar-refractivity contribution in [1.29, 1.82) is 0 Å². The van der Waals surface area contributed by atoms with E-state index in [-0.39, 0.29) is 23.0 Å². The van der Waals surface area contributed by atoms with Crippen LogP contribution < -0.4 is 5.73 Å². The molecule has 1 aromatic rings. The van der Waals surface area contributed by atoms with Crippen molar-refractivity contribution < 1.29 is 30.0 Å². The van der Waals surface area contributed by atoms with E-state index < -0.39 is 24.0 Å². The summed E-state index contributed by atoms with van der Waals surface area (Å²) in [6.07, 6.45) is 0. The Labute approximate surface area is 146 Å². The second kappa shape index (κ2) is 9.40. The van der Waals surface area contributed by atoms with Gasteiger partial charge in [0.05, 0.1) is 0 Å². The third kappa shape index (κ3) is 6.30.